The SMILES string of the molecule is Cc1cccc(OC(C)C)c1C1(N)CCCCC1. The lowest BCUT2D eigenvalue weighted by atomic mass is 9.75. The van der Waals surface area contributed by atoms with Crippen molar-refractivity contribution in [1.82, 2.24) is 0 Å². The minimum Gasteiger partial charge on any atom is -0.491 e. The van der Waals surface area contributed by atoms with Crippen molar-refractivity contribution in [3.05, 3.63) is 29.3 Å². The lowest BCUT2D eigenvalue weighted by Crippen LogP contribution is -2.39. The van der Waals surface area contributed by atoms with E-state index in [1.807, 2.05) is 0 Å². The molecule has 0 aliphatic heterocycles. The van der Waals surface area contributed by atoms with E-state index in [1.54, 1.807) is 0 Å². The number of hydrogen-bond acceptors (Lipinski definition) is 2. The van der Waals surface area contributed by atoms with Crippen molar-refractivity contribution < 1.29 is 4.74 Å². The van der Waals surface area contributed by atoms with Crippen LogP contribution in [-0.4, -0.2) is 6.10 Å². The molecule has 0 bridgehead atoms. The molecule has 1 aliphatic rings. The van der Waals surface area contributed by atoms with Crippen molar-refractivity contribution in [3.63, 3.8) is 0 Å². The quantitative estimate of drug-likeness (QED) is 0.879. The second kappa shape index (κ2) is 5.31. The summed E-state index contributed by atoms with van der Waals surface area (Å²) in [4.78, 5) is 0. The Kier molecular flexibility index (Phi) is 3.96. The van der Waals surface area contributed by atoms with Gasteiger partial charge < -0.3 is 10.5 Å². The van der Waals surface area contributed by atoms with Crippen molar-refractivity contribution >= 4 is 0 Å². The molecule has 0 aromatic heterocycles. The summed E-state index contributed by atoms with van der Waals surface area (Å²) in [5.74, 6) is 0.981. The Balaban J connectivity index is 2.40. The molecule has 0 radical (unpaired) electrons. The smallest absolute Gasteiger partial charge is 0.125 e. The maximum atomic E-state index is 6.68. The zero-order chi connectivity index (χ0) is 13.2. The van der Waals surface area contributed by atoms with Crippen LogP contribution in [0.25, 0.3) is 0 Å². The van der Waals surface area contributed by atoms with E-state index in [0.717, 1.165) is 18.6 Å². The molecular formula is C16H25NO. The van der Waals surface area contributed by atoms with Crippen LogP contribution in [0.15, 0.2) is 18.2 Å². The average molecular weight is 247 g/mol. The molecule has 2 N–H and O–H groups in total. The highest BCUT2D eigenvalue weighted by molar-refractivity contribution is 5.45. The van der Waals surface area contributed by atoms with Crippen LogP contribution in [0.1, 0.15) is 57.1 Å². The number of rotatable bonds is 3. The third-order valence-electron chi connectivity index (χ3n) is 3.84. The van der Waals surface area contributed by atoms with E-state index in [2.05, 4.69) is 39.0 Å². The van der Waals surface area contributed by atoms with Crippen molar-refractivity contribution in [3.8, 4) is 5.75 Å². The highest BCUT2D eigenvalue weighted by Crippen LogP contribution is 2.41. The van der Waals surface area contributed by atoms with Crippen LogP contribution in [0.4, 0.5) is 0 Å². The van der Waals surface area contributed by atoms with Crippen LogP contribution in [0, 0.1) is 6.92 Å². The van der Waals surface area contributed by atoms with Crippen molar-refractivity contribution in [1.29, 1.82) is 0 Å². The van der Waals surface area contributed by atoms with Crippen LogP contribution in [0.3, 0.4) is 0 Å². The third-order valence-corrected chi connectivity index (χ3v) is 3.84. The fourth-order valence-corrected chi connectivity index (χ4v) is 3.06. The number of ether oxygens (including phenoxy) is 1. The predicted molar refractivity (Wildman–Crippen MR) is 75.9 cm³/mol. The first-order valence-corrected chi connectivity index (χ1v) is 7.08. The number of aryl methyl sites for hydroxylation is 1. The maximum Gasteiger partial charge on any atom is 0.125 e. The Morgan fingerprint density at radius 2 is 1.83 bits per heavy atom. The highest BCUT2D eigenvalue weighted by Gasteiger charge is 2.33. The summed E-state index contributed by atoms with van der Waals surface area (Å²) in [6, 6.07) is 6.26. The van der Waals surface area contributed by atoms with Crippen molar-refractivity contribution in [2.45, 2.75) is 64.5 Å². The summed E-state index contributed by atoms with van der Waals surface area (Å²) in [5, 5.41) is 0. The Bertz CT molecular complexity index is 406. The van der Waals surface area contributed by atoms with Gasteiger partial charge in [0.05, 0.1) is 6.10 Å². The predicted octanol–water partition coefficient (Wildman–Crippen LogP) is 3.90. The second-order valence-corrected chi connectivity index (χ2v) is 5.83. The molecule has 0 saturated heterocycles. The van der Waals surface area contributed by atoms with E-state index >= 15 is 0 Å². The molecule has 0 unspecified atom stereocenters. The molecular weight excluding hydrogens is 222 g/mol. The van der Waals surface area contributed by atoms with Gasteiger partial charge in [0, 0.05) is 11.1 Å². The van der Waals surface area contributed by atoms with Gasteiger partial charge >= 0.3 is 0 Å². The van der Waals surface area contributed by atoms with Gasteiger partial charge in [0.1, 0.15) is 5.75 Å². The fraction of sp³-hybridized carbons (Fsp3) is 0.625. The minimum atomic E-state index is -0.187. The molecule has 2 rings (SSSR count). The molecule has 1 fully saturated rings. The first kappa shape index (κ1) is 13.4. The average Bonchev–Trinajstić information content (AvgIpc) is 2.28. The lowest BCUT2D eigenvalue weighted by Gasteiger charge is -2.36. The molecule has 1 aromatic rings. The molecule has 1 aliphatic carbocycles. The normalized spacial score (nSPS) is 18.9. The summed E-state index contributed by atoms with van der Waals surface area (Å²) in [7, 11) is 0. The van der Waals surface area contributed by atoms with Crippen LogP contribution < -0.4 is 10.5 Å². The van der Waals surface area contributed by atoms with Gasteiger partial charge in [-0.15, -0.1) is 0 Å². The molecule has 1 aromatic carbocycles. The van der Waals surface area contributed by atoms with Gasteiger partial charge in [0.2, 0.25) is 0 Å². The van der Waals surface area contributed by atoms with Gasteiger partial charge in [-0.3, -0.25) is 0 Å². The molecule has 2 heteroatoms. The Hall–Kier alpha value is -1.02. The van der Waals surface area contributed by atoms with Crippen LogP contribution in [-0.2, 0) is 5.54 Å². The maximum absolute atomic E-state index is 6.68. The summed E-state index contributed by atoms with van der Waals surface area (Å²) in [5.41, 5.74) is 8.99. The summed E-state index contributed by atoms with van der Waals surface area (Å²) < 4.78 is 5.96. The molecule has 18 heavy (non-hydrogen) atoms. The number of hydrogen-bond donors (Lipinski definition) is 1. The van der Waals surface area contributed by atoms with Crippen LogP contribution in [0.5, 0.6) is 5.75 Å². The number of benzene rings is 1. The van der Waals surface area contributed by atoms with Gasteiger partial charge in [-0.05, 0) is 45.2 Å². The first-order valence-electron chi connectivity index (χ1n) is 7.08. The summed E-state index contributed by atoms with van der Waals surface area (Å²) in [6.07, 6.45) is 6.11. The third kappa shape index (κ3) is 2.69. The Morgan fingerprint density at radius 1 is 1.17 bits per heavy atom. The van der Waals surface area contributed by atoms with Gasteiger partial charge in [0.25, 0.3) is 0 Å². The van der Waals surface area contributed by atoms with E-state index < -0.39 is 0 Å². The van der Waals surface area contributed by atoms with E-state index in [4.69, 9.17) is 10.5 Å². The summed E-state index contributed by atoms with van der Waals surface area (Å²) >= 11 is 0. The topological polar surface area (TPSA) is 35.2 Å². The molecule has 100 valence electrons. The largest absolute Gasteiger partial charge is 0.491 e. The van der Waals surface area contributed by atoms with Crippen molar-refractivity contribution in [2.75, 3.05) is 0 Å². The van der Waals surface area contributed by atoms with Gasteiger partial charge in [-0.1, -0.05) is 31.4 Å². The Labute approximate surface area is 111 Å². The first-order chi connectivity index (χ1) is 8.53. The molecule has 2 nitrogen and oxygen atoms in total. The van der Waals surface area contributed by atoms with Gasteiger partial charge in [-0.25, -0.2) is 0 Å². The molecule has 0 atom stereocenters. The van der Waals surface area contributed by atoms with Gasteiger partial charge in [0.15, 0.2) is 0 Å². The molecule has 0 amide bonds. The van der Waals surface area contributed by atoms with E-state index in [9.17, 15) is 0 Å². The van der Waals surface area contributed by atoms with Crippen LogP contribution in [0.2, 0.25) is 0 Å². The lowest BCUT2D eigenvalue weighted by molar-refractivity contribution is 0.224. The van der Waals surface area contributed by atoms with Crippen molar-refractivity contribution in [2.24, 2.45) is 5.73 Å². The minimum absolute atomic E-state index is 0.187. The molecule has 0 heterocycles. The highest BCUT2D eigenvalue weighted by atomic mass is 16.5. The zero-order valence-electron chi connectivity index (χ0n) is 11.8. The van der Waals surface area contributed by atoms with E-state index in [-0.39, 0.29) is 11.6 Å². The fourth-order valence-electron chi connectivity index (χ4n) is 3.06. The number of nitrogens with two attached hydrogens (primary N) is 1. The monoisotopic (exact) mass is 247 g/mol. The standard InChI is InChI=1S/C16H25NO/c1-12(2)18-14-9-7-8-13(3)15(14)16(17)10-5-4-6-11-16/h7-9,12H,4-6,10-11,17H2,1-3H3. The Morgan fingerprint density at radius 3 is 2.44 bits per heavy atom. The van der Waals surface area contributed by atoms with E-state index in [0.29, 0.717) is 0 Å². The van der Waals surface area contributed by atoms with E-state index in [1.165, 1.54) is 30.4 Å². The zero-order valence-corrected chi connectivity index (χ0v) is 11.8. The molecule has 1 saturated carbocycles. The van der Waals surface area contributed by atoms with Crippen LogP contribution >= 0.6 is 0 Å². The van der Waals surface area contributed by atoms with Gasteiger partial charge in [-0.2, -0.15) is 0 Å². The molecule has 0 spiro atoms. The summed E-state index contributed by atoms with van der Waals surface area (Å²) in [6.45, 7) is 6.28. The second-order valence-electron chi connectivity index (χ2n) is 5.83.